The number of amides is 1. The third kappa shape index (κ3) is 4.09. The van der Waals surface area contributed by atoms with Gasteiger partial charge in [0.15, 0.2) is 0 Å². The summed E-state index contributed by atoms with van der Waals surface area (Å²) in [6, 6.07) is 0. The summed E-state index contributed by atoms with van der Waals surface area (Å²) in [5.41, 5.74) is 0. The van der Waals surface area contributed by atoms with Crippen LogP contribution in [0.1, 0.15) is 19.3 Å². The van der Waals surface area contributed by atoms with E-state index in [0.717, 1.165) is 19.4 Å². The highest BCUT2D eigenvalue weighted by molar-refractivity contribution is 9.10. The molecule has 4 nitrogen and oxygen atoms in total. The van der Waals surface area contributed by atoms with Gasteiger partial charge in [0.2, 0.25) is 5.91 Å². The van der Waals surface area contributed by atoms with Crippen LogP contribution < -0.4 is 0 Å². The summed E-state index contributed by atoms with van der Waals surface area (Å²) in [5, 5.41) is 9.46. The summed E-state index contributed by atoms with van der Waals surface area (Å²) >= 11 is 3.35. The Bertz CT molecular complexity index is 213. The number of methoxy groups -OCH3 is 1. The first-order valence-electron chi connectivity index (χ1n) is 5.25. The van der Waals surface area contributed by atoms with Gasteiger partial charge in [-0.15, -0.1) is 0 Å². The van der Waals surface area contributed by atoms with Gasteiger partial charge in [-0.05, 0) is 19.3 Å². The van der Waals surface area contributed by atoms with Gasteiger partial charge in [-0.3, -0.25) is 4.79 Å². The van der Waals surface area contributed by atoms with Gasteiger partial charge in [0.1, 0.15) is 0 Å². The molecule has 0 spiro atoms. The molecule has 1 N–H and O–H groups in total. The largest absolute Gasteiger partial charge is 0.391 e. The highest BCUT2D eigenvalue weighted by Gasteiger charge is 2.26. The molecule has 2 unspecified atom stereocenters. The minimum atomic E-state index is -0.474. The molecule has 15 heavy (non-hydrogen) atoms. The fraction of sp³-hybridized carbons (Fsp3) is 0.900. The van der Waals surface area contributed by atoms with Crippen LogP contribution in [-0.2, 0) is 9.53 Å². The Hall–Kier alpha value is -0.130. The first-order chi connectivity index (χ1) is 7.15. The first-order valence-corrected chi connectivity index (χ1v) is 6.16. The number of alkyl halides is 1. The van der Waals surface area contributed by atoms with Gasteiger partial charge in [0.05, 0.1) is 17.5 Å². The Morgan fingerprint density at radius 3 is 3.13 bits per heavy atom. The minimum absolute atomic E-state index is 0.0363. The lowest BCUT2D eigenvalue weighted by Gasteiger charge is -2.30. The van der Waals surface area contributed by atoms with Gasteiger partial charge in [0.25, 0.3) is 0 Å². The zero-order valence-electron chi connectivity index (χ0n) is 8.99. The summed E-state index contributed by atoms with van der Waals surface area (Å²) in [6.45, 7) is 1.76. The zero-order chi connectivity index (χ0) is 11.3. The molecule has 0 bridgehead atoms. The first kappa shape index (κ1) is 12.9. The van der Waals surface area contributed by atoms with E-state index >= 15 is 0 Å². The number of aliphatic hydroxyl groups excluding tert-OH is 1. The maximum Gasteiger partial charge on any atom is 0.236 e. The molecular weight excluding hydrogens is 262 g/mol. The van der Waals surface area contributed by atoms with Crippen molar-refractivity contribution in [2.75, 3.05) is 26.8 Å². The number of nitrogens with zero attached hydrogens (tertiary/aromatic N) is 1. The third-order valence-electron chi connectivity index (χ3n) is 2.56. The van der Waals surface area contributed by atoms with Crippen molar-refractivity contribution in [3.8, 4) is 0 Å². The van der Waals surface area contributed by atoms with Crippen LogP contribution in [0.3, 0.4) is 0 Å². The van der Waals surface area contributed by atoms with E-state index in [1.807, 2.05) is 4.90 Å². The summed E-state index contributed by atoms with van der Waals surface area (Å²) in [4.78, 5) is 13.4. The fourth-order valence-electron chi connectivity index (χ4n) is 1.70. The summed E-state index contributed by atoms with van der Waals surface area (Å²) in [5.74, 6) is 0.144. The highest BCUT2D eigenvalue weighted by atomic mass is 79.9. The third-order valence-corrected chi connectivity index (χ3v) is 3.41. The molecule has 0 saturated carbocycles. The number of carbonyl (C=O) groups is 1. The number of hydrogen-bond donors (Lipinski definition) is 1. The lowest BCUT2D eigenvalue weighted by Crippen LogP contribution is -2.43. The molecule has 1 heterocycles. The molecule has 0 aliphatic carbocycles. The lowest BCUT2D eigenvalue weighted by atomic mass is 10.1. The van der Waals surface area contributed by atoms with Crippen molar-refractivity contribution in [1.29, 1.82) is 0 Å². The van der Waals surface area contributed by atoms with Crippen molar-refractivity contribution in [3.63, 3.8) is 0 Å². The quantitative estimate of drug-likeness (QED) is 0.757. The minimum Gasteiger partial charge on any atom is -0.391 e. The van der Waals surface area contributed by atoms with E-state index in [0.29, 0.717) is 19.6 Å². The number of hydrogen-bond acceptors (Lipinski definition) is 3. The predicted octanol–water partition coefficient (Wildman–Crippen LogP) is 0.770. The normalized spacial score (nSPS) is 24.3. The maximum absolute atomic E-state index is 11.7. The van der Waals surface area contributed by atoms with Crippen LogP contribution in [0.25, 0.3) is 0 Å². The zero-order valence-corrected chi connectivity index (χ0v) is 10.6. The number of aliphatic hydroxyl groups is 1. The molecule has 1 aliphatic heterocycles. The molecular formula is C10H18BrNO3. The lowest BCUT2D eigenvalue weighted by molar-refractivity contribution is -0.132. The van der Waals surface area contributed by atoms with Crippen molar-refractivity contribution in [1.82, 2.24) is 4.90 Å². The van der Waals surface area contributed by atoms with Crippen LogP contribution in [0.2, 0.25) is 0 Å². The second-order valence-electron chi connectivity index (χ2n) is 3.83. The van der Waals surface area contributed by atoms with Crippen LogP contribution >= 0.6 is 15.9 Å². The van der Waals surface area contributed by atoms with Gasteiger partial charge >= 0.3 is 0 Å². The van der Waals surface area contributed by atoms with Crippen molar-refractivity contribution in [2.45, 2.75) is 30.2 Å². The number of likely N-dealkylation sites (tertiary alicyclic amines) is 1. The molecule has 0 aromatic rings. The second-order valence-corrected chi connectivity index (χ2v) is 4.94. The smallest absolute Gasteiger partial charge is 0.236 e. The Morgan fingerprint density at radius 1 is 1.73 bits per heavy atom. The Kier molecular flexibility index (Phi) is 5.56. The number of halogens is 1. The SMILES string of the molecule is COCC(O)CCN1CCCC(Br)C1=O. The summed E-state index contributed by atoms with van der Waals surface area (Å²) in [6.07, 6.45) is 2.05. The number of piperidine rings is 1. The average molecular weight is 280 g/mol. The van der Waals surface area contributed by atoms with E-state index in [1.165, 1.54) is 0 Å². The molecule has 1 rings (SSSR count). The highest BCUT2D eigenvalue weighted by Crippen LogP contribution is 2.18. The summed E-state index contributed by atoms with van der Waals surface area (Å²) in [7, 11) is 1.56. The molecule has 1 aliphatic rings. The van der Waals surface area contributed by atoms with Crippen LogP contribution in [0.5, 0.6) is 0 Å². The van der Waals surface area contributed by atoms with Gasteiger partial charge in [-0.2, -0.15) is 0 Å². The molecule has 1 saturated heterocycles. The number of ether oxygens (including phenoxy) is 1. The van der Waals surface area contributed by atoms with Gasteiger partial charge in [-0.1, -0.05) is 15.9 Å². The fourth-order valence-corrected chi connectivity index (χ4v) is 2.31. The molecule has 2 atom stereocenters. The standard InChI is InChI=1S/C10H18BrNO3/c1-15-7-8(13)4-6-12-5-2-3-9(11)10(12)14/h8-9,13H,2-7H2,1H3. The second kappa shape index (κ2) is 6.45. The Morgan fingerprint density at radius 2 is 2.47 bits per heavy atom. The van der Waals surface area contributed by atoms with E-state index in [1.54, 1.807) is 7.11 Å². The van der Waals surface area contributed by atoms with Crippen molar-refractivity contribution in [2.24, 2.45) is 0 Å². The van der Waals surface area contributed by atoms with E-state index in [-0.39, 0.29) is 10.7 Å². The topological polar surface area (TPSA) is 49.8 Å². The van der Waals surface area contributed by atoms with Crippen molar-refractivity contribution >= 4 is 21.8 Å². The molecule has 1 amide bonds. The Balaban J connectivity index is 2.28. The number of carbonyl (C=O) groups excluding carboxylic acids is 1. The number of rotatable bonds is 5. The Labute approximate surface area is 98.7 Å². The predicted molar refractivity (Wildman–Crippen MR) is 61.0 cm³/mol. The monoisotopic (exact) mass is 279 g/mol. The molecule has 1 fully saturated rings. The van der Waals surface area contributed by atoms with E-state index in [9.17, 15) is 9.90 Å². The molecule has 0 radical (unpaired) electrons. The van der Waals surface area contributed by atoms with Crippen LogP contribution in [0.4, 0.5) is 0 Å². The van der Waals surface area contributed by atoms with E-state index < -0.39 is 6.10 Å². The van der Waals surface area contributed by atoms with Crippen LogP contribution in [0.15, 0.2) is 0 Å². The van der Waals surface area contributed by atoms with Crippen molar-refractivity contribution in [3.05, 3.63) is 0 Å². The van der Waals surface area contributed by atoms with E-state index in [4.69, 9.17) is 4.74 Å². The van der Waals surface area contributed by atoms with Crippen LogP contribution in [-0.4, -0.2) is 53.7 Å². The summed E-state index contributed by atoms with van der Waals surface area (Å²) < 4.78 is 4.83. The molecule has 0 aromatic heterocycles. The molecule has 0 aromatic carbocycles. The molecule has 5 heteroatoms. The van der Waals surface area contributed by atoms with Gasteiger partial charge < -0.3 is 14.7 Å². The van der Waals surface area contributed by atoms with Gasteiger partial charge in [0, 0.05) is 20.2 Å². The maximum atomic E-state index is 11.7. The molecule has 88 valence electrons. The van der Waals surface area contributed by atoms with Crippen LogP contribution in [0, 0.1) is 0 Å². The van der Waals surface area contributed by atoms with E-state index in [2.05, 4.69) is 15.9 Å². The average Bonchev–Trinajstić information content (AvgIpc) is 2.21. The van der Waals surface area contributed by atoms with Crippen molar-refractivity contribution < 1.29 is 14.6 Å². The van der Waals surface area contributed by atoms with Gasteiger partial charge in [-0.25, -0.2) is 0 Å².